The fraction of sp³-hybridized carbons (Fsp3) is 0.350. The van der Waals surface area contributed by atoms with Gasteiger partial charge in [-0.3, -0.25) is 4.79 Å². The molecule has 0 saturated carbocycles. The van der Waals surface area contributed by atoms with Gasteiger partial charge in [0.15, 0.2) is 0 Å². The van der Waals surface area contributed by atoms with Gasteiger partial charge in [-0.2, -0.15) is 0 Å². The van der Waals surface area contributed by atoms with Crippen LogP contribution in [0.2, 0.25) is 0 Å². The molecule has 0 unspecified atom stereocenters. The van der Waals surface area contributed by atoms with Crippen LogP contribution in [-0.2, 0) is 9.53 Å². The molecule has 0 radical (unpaired) electrons. The van der Waals surface area contributed by atoms with Crippen molar-refractivity contribution in [1.29, 1.82) is 0 Å². The van der Waals surface area contributed by atoms with Crippen molar-refractivity contribution in [3.8, 4) is 0 Å². The summed E-state index contributed by atoms with van der Waals surface area (Å²) in [6, 6.07) is 14.1. The monoisotopic (exact) mass is 339 g/mol. The smallest absolute Gasteiger partial charge is 0.243 e. The fourth-order valence-electron chi connectivity index (χ4n) is 3.13. The molecule has 2 aromatic rings. The van der Waals surface area contributed by atoms with E-state index in [1.807, 2.05) is 44.2 Å². The molecule has 1 amide bonds. The van der Waals surface area contributed by atoms with Crippen molar-refractivity contribution in [2.45, 2.75) is 13.8 Å². The number of benzene rings is 2. The largest absolute Gasteiger partial charge is 0.378 e. The minimum atomic E-state index is -0.0539. The number of carbonyl (C=O) groups excluding carboxylic acids is 1. The lowest BCUT2D eigenvalue weighted by Crippen LogP contribution is -2.36. The summed E-state index contributed by atoms with van der Waals surface area (Å²) in [5.41, 5.74) is 5.21. The zero-order valence-corrected chi connectivity index (χ0v) is 14.8. The average molecular weight is 339 g/mol. The zero-order valence-electron chi connectivity index (χ0n) is 14.8. The maximum absolute atomic E-state index is 12.3. The molecule has 25 heavy (non-hydrogen) atoms. The molecule has 132 valence electrons. The molecule has 5 nitrogen and oxygen atoms in total. The Labute approximate surface area is 149 Å². The van der Waals surface area contributed by atoms with E-state index in [1.165, 1.54) is 0 Å². The summed E-state index contributed by atoms with van der Waals surface area (Å²) in [6.45, 7) is 7.50. The van der Waals surface area contributed by atoms with Crippen LogP contribution in [0.15, 0.2) is 42.5 Å². The number of anilines is 3. The van der Waals surface area contributed by atoms with Crippen molar-refractivity contribution in [3.05, 3.63) is 53.6 Å². The molecular formula is C20H25N3O2. The van der Waals surface area contributed by atoms with Gasteiger partial charge in [-0.1, -0.05) is 18.2 Å². The summed E-state index contributed by atoms with van der Waals surface area (Å²) >= 11 is 0. The molecule has 0 bridgehead atoms. The molecule has 2 N–H and O–H groups in total. The number of amides is 1. The topological polar surface area (TPSA) is 53.6 Å². The van der Waals surface area contributed by atoms with Crippen LogP contribution in [0.5, 0.6) is 0 Å². The van der Waals surface area contributed by atoms with Crippen LogP contribution < -0.4 is 15.5 Å². The third kappa shape index (κ3) is 4.73. The van der Waals surface area contributed by atoms with Gasteiger partial charge in [0.25, 0.3) is 0 Å². The number of morpholine rings is 1. The van der Waals surface area contributed by atoms with Crippen molar-refractivity contribution in [2.75, 3.05) is 48.4 Å². The van der Waals surface area contributed by atoms with E-state index in [1.54, 1.807) is 0 Å². The number of carbonyl (C=O) groups is 1. The number of ether oxygens (including phenoxy) is 1. The van der Waals surface area contributed by atoms with E-state index in [0.29, 0.717) is 0 Å². The molecule has 1 heterocycles. The van der Waals surface area contributed by atoms with Crippen molar-refractivity contribution in [1.82, 2.24) is 0 Å². The third-order valence-corrected chi connectivity index (χ3v) is 4.20. The van der Waals surface area contributed by atoms with Gasteiger partial charge in [-0.05, 0) is 49.2 Å². The predicted octanol–water partition coefficient (Wildman–Crippen LogP) is 3.19. The van der Waals surface area contributed by atoms with Crippen LogP contribution in [0.4, 0.5) is 17.1 Å². The molecule has 1 saturated heterocycles. The lowest BCUT2D eigenvalue weighted by atomic mass is 10.1. The quantitative estimate of drug-likeness (QED) is 0.878. The van der Waals surface area contributed by atoms with E-state index in [4.69, 9.17) is 4.74 Å². The Morgan fingerprint density at radius 3 is 2.48 bits per heavy atom. The molecule has 0 aliphatic carbocycles. The Bertz CT molecular complexity index is 719. The maximum Gasteiger partial charge on any atom is 0.243 e. The van der Waals surface area contributed by atoms with Crippen LogP contribution in [-0.4, -0.2) is 38.8 Å². The van der Waals surface area contributed by atoms with Crippen molar-refractivity contribution in [3.63, 3.8) is 0 Å². The second-order valence-electron chi connectivity index (χ2n) is 6.39. The average Bonchev–Trinajstić information content (AvgIpc) is 2.60. The number of nitrogens with one attached hydrogen (secondary N) is 2. The van der Waals surface area contributed by atoms with E-state index in [2.05, 4.69) is 27.7 Å². The van der Waals surface area contributed by atoms with Crippen LogP contribution in [0.1, 0.15) is 11.1 Å². The number of aryl methyl sites for hydroxylation is 2. The number of hydrogen-bond acceptors (Lipinski definition) is 4. The Morgan fingerprint density at radius 1 is 1.08 bits per heavy atom. The highest BCUT2D eigenvalue weighted by molar-refractivity contribution is 5.94. The lowest BCUT2D eigenvalue weighted by Gasteiger charge is -2.30. The van der Waals surface area contributed by atoms with E-state index < -0.39 is 0 Å². The van der Waals surface area contributed by atoms with Crippen molar-refractivity contribution >= 4 is 23.0 Å². The minimum absolute atomic E-state index is 0.0539. The van der Waals surface area contributed by atoms with E-state index >= 15 is 0 Å². The number of nitrogens with zero attached hydrogens (tertiary/aromatic N) is 1. The summed E-state index contributed by atoms with van der Waals surface area (Å²) in [7, 11) is 0. The van der Waals surface area contributed by atoms with Gasteiger partial charge in [0.2, 0.25) is 5.91 Å². The van der Waals surface area contributed by atoms with E-state index in [9.17, 15) is 4.79 Å². The highest BCUT2D eigenvalue weighted by atomic mass is 16.5. The van der Waals surface area contributed by atoms with Gasteiger partial charge >= 0.3 is 0 Å². The Hall–Kier alpha value is -2.53. The first kappa shape index (κ1) is 17.3. The van der Waals surface area contributed by atoms with Crippen LogP contribution in [0.25, 0.3) is 0 Å². The standard InChI is InChI=1S/C20H25N3O2/c1-15-11-16(2)13-17(12-15)22-20(24)14-21-18-5-3-4-6-19(18)23-7-9-25-10-8-23/h3-6,11-13,21H,7-10,14H2,1-2H3,(H,22,24). The first-order chi connectivity index (χ1) is 12.1. The van der Waals surface area contributed by atoms with Crippen LogP contribution in [0.3, 0.4) is 0 Å². The Kier molecular flexibility index (Phi) is 5.56. The number of para-hydroxylation sites is 2. The highest BCUT2D eigenvalue weighted by Gasteiger charge is 2.14. The molecule has 0 atom stereocenters. The summed E-state index contributed by atoms with van der Waals surface area (Å²) in [5, 5.41) is 6.22. The molecule has 1 fully saturated rings. The second kappa shape index (κ2) is 8.03. The fourth-order valence-corrected chi connectivity index (χ4v) is 3.13. The van der Waals surface area contributed by atoms with E-state index in [-0.39, 0.29) is 12.5 Å². The summed E-state index contributed by atoms with van der Waals surface area (Å²) in [4.78, 5) is 14.6. The zero-order chi connectivity index (χ0) is 17.6. The van der Waals surface area contributed by atoms with Crippen LogP contribution >= 0.6 is 0 Å². The first-order valence-corrected chi connectivity index (χ1v) is 8.65. The second-order valence-corrected chi connectivity index (χ2v) is 6.39. The van der Waals surface area contributed by atoms with Gasteiger partial charge in [-0.25, -0.2) is 0 Å². The Morgan fingerprint density at radius 2 is 1.76 bits per heavy atom. The molecule has 5 heteroatoms. The van der Waals surface area contributed by atoms with Crippen molar-refractivity contribution in [2.24, 2.45) is 0 Å². The first-order valence-electron chi connectivity index (χ1n) is 8.65. The highest BCUT2D eigenvalue weighted by Crippen LogP contribution is 2.26. The lowest BCUT2D eigenvalue weighted by molar-refractivity contribution is -0.114. The molecule has 1 aliphatic heterocycles. The molecule has 0 aromatic heterocycles. The summed E-state index contributed by atoms with van der Waals surface area (Å²) < 4.78 is 5.42. The summed E-state index contributed by atoms with van der Waals surface area (Å²) in [5.74, 6) is -0.0539. The minimum Gasteiger partial charge on any atom is -0.378 e. The molecule has 2 aromatic carbocycles. The van der Waals surface area contributed by atoms with E-state index in [0.717, 1.165) is 54.5 Å². The van der Waals surface area contributed by atoms with Crippen LogP contribution in [0, 0.1) is 13.8 Å². The normalized spacial score (nSPS) is 14.2. The Balaban J connectivity index is 1.62. The predicted molar refractivity (Wildman–Crippen MR) is 103 cm³/mol. The van der Waals surface area contributed by atoms with Gasteiger partial charge in [0, 0.05) is 18.8 Å². The molecular weight excluding hydrogens is 314 g/mol. The van der Waals surface area contributed by atoms with Gasteiger partial charge in [0.05, 0.1) is 31.1 Å². The third-order valence-electron chi connectivity index (χ3n) is 4.20. The summed E-state index contributed by atoms with van der Waals surface area (Å²) in [6.07, 6.45) is 0. The number of rotatable bonds is 5. The maximum atomic E-state index is 12.3. The molecule has 1 aliphatic rings. The van der Waals surface area contributed by atoms with Crippen molar-refractivity contribution < 1.29 is 9.53 Å². The van der Waals surface area contributed by atoms with Gasteiger partial charge in [0.1, 0.15) is 0 Å². The SMILES string of the molecule is Cc1cc(C)cc(NC(=O)CNc2ccccc2N2CCOCC2)c1. The number of hydrogen-bond donors (Lipinski definition) is 2. The van der Waals surface area contributed by atoms with Gasteiger partial charge < -0.3 is 20.3 Å². The molecule has 0 spiro atoms. The van der Waals surface area contributed by atoms with Gasteiger partial charge in [-0.15, -0.1) is 0 Å². The molecule has 3 rings (SSSR count).